The molecule has 1 aromatic carbocycles. The highest BCUT2D eigenvalue weighted by molar-refractivity contribution is 5.74. The Hall–Kier alpha value is -1.75. The van der Waals surface area contributed by atoms with Crippen LogP contribution in [0.2, 0.25) is 0 Å². The normalized spacial score (nSPS) is 11.0. The number of carbonyl (C=O) groups excluding carboxylic acids is 1. The minimum Gasteiger partial charge on any atom is -0.494 e. The molecule has 5 heteroatoms. The summed E-state index contributed by atoms with van der Waals surface area (Å²) in [7, 11) is 0. The highest BCUT2D eigenvalue weighted by Crippen LogP contribution is 2.11. The van der Waals surface area contributed by atoms with Gasteiger partial charge in [-0.15, -0.1) is 0 Å². The van der Waals surface area contributed by atoms with Gasteiger partial charge in [0, 0.05) is 6.54 Å². The minimum absolute atomic E-state index is 0.100. The van der Waals surface area contributed by atoms with Gasteiger partial charge < -0.3 is 20.5 Å². The maximum atomic E-state index is 11.5. The first-order valence-corrected chi connectivity index (χ1v) is 6.79. The zero-order chi connectivity index (χ0) is 15.0. The van der Waals surface area contributed by atoms with Crippen molar-refractivity contribution in [2.45, 2.75) is 32.7 Å². The number of carbonyl (C=O) groups is 1. The first kappa shape index (κ1) is 16.3. The molecule has 20 heavy (non-hydrogen) atoms. The van der Waals surface area contributed by atoms with Crippen LogP contribution in [0.3, 0.4) is 0 Å². The molecule has 0 aliphatic carbocycles. The van der Waals surface area contributed by atoms with Gasteiger partial charge in [-0.05, 0) is 39.3 Å². The standard InChI is InChI=1S/C15H24N2O3/c1-12-5-7-13(8-6-12)20-10-4-9-16-14(19)17-15(2,3)11-18/h5-8,18H,4,9-11H2,1-3H3,(H2,16,17,19). The Balaban J connectivity index is 2.13. The summed E-state index contributed by atoms with van der Waals surface area (Å²) in [5.41, 5.74) is 0.588. The van der Waals surface area contributed by atoms with Crippen LogP contribution in [-0.2, 0) is 0 Å². The van der Waals surface area contributed by atoms with Gasteiger partial charge in [-0.25, -0.2) is 4.79 Å². The summed E-state index contributed by atoms with van der Waals surface area (Å²) < 4.78 is 5.55. The summed E-state index contributed by atoms with van der Waals surface area (Å²) in [5, 5.41) is 14.4. The van der Waals surface area contributed by atoms with Gasteiger partial charge in [-0.1, -0.05) is 17.7 Å². The number of hydrogen-bond acceptors (Lipinski definition) is 3. The smallest absolute Gasteiger partial charge is 0.315 e. The molecule has 0 aromatic heterocycles. The molecule has 0 aliphatic rings. The fourth-order valence-electron chi connectivity index (χ4n) is 1.49. The predicted molar refractivity (Wildman–Crippen MR) is 79.0 cm³/mol. The molecule has 0 fully saturated rings. The average Bonchev–Trinajstić information content (AvgIpc) is 2.40. The molecule has 0 saturated carbocycles. The third kappa shape index (κ3) is 6.43. The van der Waals surface area contributed by atoms with Crippen LogP contribution >= 0.6 is 0 Å². The second-order valence-corrected chi connectivity index (χ2v) is 5.44. The lowest BCUT2D eigenvalue weighted by Crippen LogP contribution is -2.50. The van der Waals surface area contributed by atoms with Gasteiger partial charge in [-0.2, -0.15) is 0 Å². The molecule has 1 rings (SSSR count). The van der Waals surface area contributed by atoms with E-state index in [1.165, 1.54) is 5.56 Å². The van der Waals surface area contributed by atoms with Gasteiger partial charge in [0.2, 0.25) is 0 Å². The van der Waals surface area contributed by atoms with Crippen LogP contribution in [0.1, 0.15) is 25.8 Å². The average molecular weight is 280 g/mol. The largest absolute Gasteiger partial charge is 0.494 e. The molecule has 5 nitrogen and oxygen atoms in total. The van der Waals surface area contributed by atoms with Gasteiger partial charge in [-0.3, -0.25) is 0 Å². The summed E-state index contributed by atoms with van der Waals surface area (Å²) in [5.74, 6) is 0.835. The van der Waals surface area contributed by atoms with Gasteiger partial charge in [0.25, 0.3) is 0 Å². The van der Waals surface area contributed by atoms with Gasteiger partial charge >= 0.3 is 6.03 Å². The van der Waals surface area contributed by atoms with Crippen molar-refractivity contribution in [2.75, 3.05) is 19.8 Å². The van der Waals surface area contributed by atoms with Crippen LogP contribution in [0.15, 0.2) is 24.3 Å². The fourth-order valence-corrected chi connectivity index (χ4v) is 1.49. The van der Waals surface area contributed by atoms with Crippen molar-refractivity contribution < 1.29 is 14.6 Å². The van der Waals surface area contributed by atoms with Crippen molar-refractivity contribution in [3.05, 3.63) is 29.8 Å². The van der Waals surface area contributed by atoms with E-state index in [2.05, 4.69) is 10.6 Å². The van der Waals surface area contributed by atoms with Crippen molar-refractivity contribution in [2.24, 2.45) is 0 Å². The quantitative estimate of drug-likeness (QED) is 0.667. The van der Waals surface area contributed by atoms with Crippen molar-refractivity contribution >= 4 is 6.03 Å². The van der Waals surface area contributed by atoms with Crippen LogP contribution in [-0.4, -0.2) is 36.4 Å². The Bertz CT molecular complexity index is 416. The van der Waals surface area contributed by atoms with Crippen LogP contribution in [0, 0.1) is 6.92 Å². The summed E-state index contributed by atoms with van der Waals surface area (Å²) >= 11 is 0. The van der Waals surface area contributed by atoms with E-state index in [0.29, 0.717) is 13.2 Å². The van der Waals surface area contributed by atoms with Crippen LogP contribution in [0.4, 0.5) is 4.79 Å². The number of amides is 2. The van der Waals surface area contributed by atoms with E-state index in [4.69, 9.17) is 9.84 Å². The van der Waals surface area contributed by atoms with Crippen LogP contribution in [0.25, 0.3) is 0 Å². The monoisotopic (exact) mass is 280 g/mol. The fraction of sp³-hybridized carbons (Fsp3) is 0.533. The third-order valence-electron chi connectivity index (χ3n) is 2.74. The van der Waals surface area contributed by atoms with Gasteiger partial charge in [0.1, 0.15) is 5.75 Å². The maximum Gasteiger partial charge on any atom is 0.315 e. The molecule has 0 bridgehead atoms. The Morgan fingerprint density at radius 1 is 1.30 bits per heavy atom. The number of hydrogen-bond donors (Lipinski definition) is 3. The Morgan fingerprint density at radius 2 is 1.95 bits per heavy atom. The summed E-state index contributed by atoms with van der Waals surface area (Å²) in [6.07, 6.45) is 0.723. The van der Waals surface area contributed by atoms with E-state index in [1.54, 1.807) is 13.8 Å². The van der Waals surface area contributed by atoms with E-state index in [0.717, 1.165) is 12.2 Å². The first-order valence-electron chi connectivity index (χ1n) is 6.79. The second-order valence-electron chi connectivity index (χ2n) is 5.44. The number of ether oxygens (including phenoxy) is 1. The molecule has 0 saturated heterocycles. The third-order valence-corrected chi connectivity index (χ3v) is 2.74. The van der Waals surface area contributed by atoms with Crippen molar-refractivity contribution in [1.82, 2.24) is 10.6 Å². The van der Waals surface area contributed by atoms with Crippen molar-refractivity contribution in [1.29, 1.82) is 0 Å². The number of rotatable bonds is 7. The number of benzene rings is 1. The number of aliphatic hydroxyl groups excluding tert-OH is 1. The number of aryl methyl sites for hydroxylation is 1. The Labute approximate surface area is 120 Å². The molecular formula is C15H24N2O3. The van der Waals surface area contributed by atoms with Gasteiger partial charge in [0.15, 0.2) is 0 Å². The number of urea groups is 1. The SMILES string of the molecule is Cc1ccc(OCCCNC(=O)NC(C)(C)CO)cc1. The molecule has 0 spiro atoms. The number of aliphatic hydroxyl groups is 1. The molecule has 0 radical (unpaired) electrons. The highest BCUT2D eigenvalue weighted by atomic mass is 16.5. The van der Waals surface area contributed by atoms with E-state index < -0.39 is 5.54 Å². The molecular weight excluding hydrogens is 256 g/mol. The lowest BCUT2D eigenvalue weighted by molar-refractivity contribution is 0.181. The topological polar surface area (TPSA) is 70.6 Å². The molecule has 0 atom stereocenters. The van der Waals surface area contributed by atoms with E-state index in [-0.39, 0.29) is 12.6 Å². The molecule has 0 heterocycles. The Kier molecular flexibility index (Phi) is 6.31. The van der Waals surface area contributed by atoms with Crippen molar-refractivity contribution in [3.8, 4) is 5.75 Å². The van der Waals surface area contributed by atoms with E-state index >= 15 is 0 Å². The molecule has 3 N–H and O–H groups in total. The Morgan fingerprint density at radius 3 is 2.55 bits per heavy atom. The molecule has 0 aliphatic heterocycles. The van der Waals surface area contributed by atoms with Crippen LogP contribution in [0.5, 0.6) is 5.75 Å². The number of nitrogens with one attached hydrogen (secondary N) is 2. The summed E-state index contributed by atoms with van der Waals surface area (Å²) in [6, 6.07) is 7.58. The lowest BCUT2D eigenvalue weighted by atomic mass is 10.1. The zero-order valence-electron chi connectivity index (χ0n) is 12.4. The molecule has 2 amide bonds. The van der Waals surface area contributed by atoms with E-state index in [1.807, 2.05) is 31.2 Å². The predicted octanol–water partition coefficient (Wildman–Crippen LogP) is 1.83. The second kappa shape index (κ2) is 7.75. The zero-order valence-corrected chi connectivity index (χ0v) is 12.4. The minimum atomic E-state index is -0.609. The van der Waals surface area contributed by atoms with E-state index in [9.17, 15) is 4.79 Å². The first-order chi connectivity index (χ1) is 9.43. The molecule has 0 unspecified atom stereocenters. The molecule has 1 aromatic rings. The van der Waals surface area contributed by atoms with Crippen molar-refractivity contribution in [3.63, 3.8) is 0 Å². The van der Waals surface area contributed by atoms with Crippen LogP contribution < -0.4 is 15.4 Å². The maximum absolute atomic E-state index is 11.5. The lowest BCUT2D eigenvalue weighted by Gasteiger charge is -2.23. The highest BCUT2D eigenvalue weighted by Gasteiger charge is 2.18. The molecule has 112 valence electrons. The van der Waals surface area contributed by atoms with Gasteiger partial charge in [0.05, 0.1) is 18.8 Å². The summed E-state index contributed by atoms with van der Waals surface area (Å²) in [4.78, 5) is 11.5. The summed E-state index contributed by atoms with van der Waals surface area (Å²) in [6.45, 7) is 6.52.